The van der Waals surface area contributed by atoms with Crippen molar-refractivity contribution < 1.29 is 10.2 Å². The van der Waals surface area contributed by atoms with Crippen LogP contribution in [-0.2, 0) is 0 Å². The molecule has 16 heavy (non-hydrogen) atoms. The minimum Gasteiger partial charge on any atom is -0.395 e. The van der Waals surface area contributed by atoms with Crippen molar-refractivity contribution in [3.63, 3.8) is 0 Å². The Bertz CT molecular complexity index is 483. The molecule has 6 nitrogen and oxygen atoms in total. The lowest BCUT2D eigenvalue weighted by Crippen LogP contribution is -2.30. The van der Waals surface area contributed by atoms with Crippen molar-refractivity contribution in [2.45, 2.75) is 23.1 Å². The fourth-order valence-electron chi connectivity index (χ4n) is 1.70. The molecule has 1 aromatic heterocycles. The van der Waals surface area contributed by atoms with E-state index in [-0.39, 0.29) is 17.2 Å². The second-order valence-corrected chi connectivity index (χ2v) is 5.05. The molecule has 1 aliphatic heterocycles. The molecule has 0 aliphatic carbocycles. The van der Waals surface area contributed by atoms with Crippen molar-refractivity contribution in [1.82, 2.24) is 9.55 Å². The quantitative estimate of drug-likeness (QED) is 0.613. The lowest BCUT2D eigenvalue weighted by Gasteiger charge is -2.11. The summed E-state index contributed by atoms with van der Waals surface area (Å²) in [5.74, 6) is 0. The molecule has 1 aromatic rings. The minimum absolute atomic E-state index is 0.125. The van der Waals surface area contributed by atoms with Crippen molar-refractivity contribution in [3.8, 4) is 0 Å². The van der Waals surface area contributed by atoms with Crippen molar-refractivity contribution >= 4 is 11.8 Å². The summed E-state index contributed by atoms with van der Waals surface area (Å²) in [4.78, 5) is 24.5. The third kappa shape index (κ3) is 2.06. The first kappa shape index (κ1) is 11.4. The molecule has 88 valence electrons. The summed E-state index contributed by atoms with van der Waals surface area (Å²) in [7, 11) is 0. The zero-order valence-corrected chi connectivity index (χ0v) is 9.18. The van der Waals surface area contributed by atoms with Crippen LogP contribution in [0.5, 0.6) is 0 Å². The molecular formula is C9H12N2O4S. The van der Waals surface area contributed by atoms with E-state index < -0.39 is 17.4 Å². The second-order valence-electron chi connectivity index (χ2n) is 3.63. The van der Waals surface area contributed by atoms with Crippen LogP contribution in [0.1, 0.15) is 11.8 Å². The Hall–Kier alpha value is -1.05. The van der Waals surface area contributed by atoms with E-state index in [9.17, 15) is 14.7 Å². The van der Waals surface area contributed by atoms with Crippen molar-refractivity contribution in [3.05, 3.63) is 33.1 Å². The number of H-pyrrole nitrogens is 1. The van der Waals surface area contributed by atoms with Gasteiger partial charge in [-0.1, -0.05) is 0 Å². The molecule has 0 spiro atoms. The number of thioether (sulfide) groups is 1. The molecule has 2 rings (SSSR count). The summed E-state index contributed by atoms with van der Waals surface area (Å²) in [6.45, 7) is -0.125. The highest BCUT2D eigenvalue weighted by molar-refractivity contribution is 8.00. The topological polar surface area (TPSA) is 95.3 Å². The Labute approximate surface area is 94.9 Å². The highest BCUT2D eigenvalue weighted by Gasteiger charge is 2.34. The molecule has 1 saturated heterocycles. The van der Waals surface area contributed by atoms with E-state index >= 15 is 0 Å². The number of hydrogen-bond donors (Lipinski definition) is 3. The van der Waals surface area contributed by atoms with Gasteiger partial charge in [0.15, 0.2) is 0 Å². The average Bonchev–Trinajstić information content (AvgIpc) is 2.59. The van der Waals surface area contributed by atoms with Gasteiger partial charge in [0.25, 0.3) is 5.56 Å². The number of aromatic nitrogens is 2. The monoisotopic (exact) mass is 244 g/mol. The van der Waals surface area contributed by atoms with Gasteiger partial charge in [-0.2, -0.15) is 0 Å². The molecule has 0 saturated carbocycles. The van der Waals surface area contributed by atoms with Gasteiger partial charge in [-0.25, -0.2) is 4.79 Å². The molecule has 0 aromatic carbocycles. The van der Waals surface area contributed by atoms with Gasteiger partial charge in [0.05, 0.1) is 23.3 Å². The van der Waals surface area contributed by atoms with E-state index in [1.165, 1.54) is 28.6 Å². The first-order chi connectivity index (χ1) is 7.61. The number of aliphatic hydroxyl groups excluding tert-OH is 2. The molecule has 0 amide bonds. The van der Waals surface area contributed by atoms with Gasteiger partial charge < -0.3 is 10.2 Å². The Morgan fingerprint density at radius 1 is 1.56 bits per heavy atom. The van der Waals surface area contributed by atoms with Crippen molar-refractivity contribution in [2.24, 2.45) is 0 Å². The van der Waals surface area contributed by atoms with Gasteiger partial charge in [0.1, 0.15) is 0 Å². The second kappa shape index (κ2) is 4.44. The third-order valence-corrected chi connectivity index (χ3v) is 4.09. The van der Waals surface area contributed by atoms with Crippen LogP contribution in [0.25, 0.3) is 0 Å². The van der Waals surface area contributed by atoms with E-state index in [0.29, 0.717) is 6.42 Å². The number of nitrogens with zero attached hydrogens (tertiary/aromatic N) is 1. The number of rotatable bonds is 2. The summed E-state index contributed by atoms with van der Waals surface area (Å²) >= 11 is 1.33. The highest BCUT2D eigenvalue weighted by atomic mass is 32.2. The summed E-state index contributed by atoms with van der Waals surface area (Å²) < 4.78 is 1.37. The van der Waals surface area contributed by atoms with Gasteiger partial charge in [-0.05, 0) is 0 Å². The molecule has 1 fully saturated rings. The normalized spacial score (nSPS) is 29.5. The third-order valence-electron chi connectivity index (χ3n) is 2.55. The molecular weight excluding hydrogens is 232 g/mol. The molecule has 1 unspecified atom stereocenters. The van der Waals surface area contributed by atoms with Crippen LogP contribution in [0.2, 0.25) is 0 Å². The summed E-state index contributed by atoms with van der Waals surface area (Å²) in [6, 6.07) is 1.26. The summed E-state index contributed by atoms with van der Waals surface area (Å²) in [5.41, 5.74) is -0.931. The number of aliphatic hydroxyl groups is 2. The summed E-state index contributed by atoms with van der Waals surface area (Å²) in [6.07, 6.45) is 1.17. The lowest BCUT2D eigenvalue weighted by molar-refractivity contribution is 0.137. The molecule has 1 aliphatic rings. The van der Waals surface area contributed by atoms with Gasteiger partial charge in [-0.3, -0.25) is 14.3 Å². The standard InChI is InChI=1S/C9H12N2O4S/c12-4-6-5(13)3-8(16-6)11-2-1-7(14)10-9(11)15/h1-2,5-6,8,12-13H,3-4H2,(H,10,14,15)/t5-,6-,8?/m0/s1. The van der Waals surface area contributed by atoms with Crippen LogP contribution in [0.15, 0.2) is 21.9 Å². The molecule has 0 radical (unpaired) electrons. The van der Waals surface area contributed by atoms with E-state index in [1.807, 2.05) is 0 Å². The Balaban J connectivity index is 2.27. The van der Waals surface area contributed by atoms with Crippen LogP contribution in [-0.4, -0.2) is 37.7 Å². The number of hydrogen-bond acceptors (Lipinski definition) is 5. The minimum atomic E-state index is -0.626. The highest BCUT2D eigenvalue weighted by Crippen LogP contribution is 2.40. The Morgan fingerprint density at radius 2 is 2.31 bits per heavy atom. The molecule has 0 bridgehead atoms. The SMILES string of the molecule is O=c1ccn(C2C[C@H](O)[C@H](CO)S2)c(=O)[nH]1. The summed E-state index contributed by atoms with van der Waals surface area (Å²) in [5, 5.41) is 18.1. The number of nitrogens with one attached hydrogen (secondary N) is 1. The molecule has 2 heterocycles. The lowest BCUT2D eigenvalue weighted by atomic mass is 10.2. The maximum atomic E-state index is 11.5. The van der Waals surface area contributed by atoms with E-state index in [4.69, 9.17) is 5.11 Å². The van der Waals surface area contributed by atoms with Gasteiger partial charge >= 0.3 is 5.69 Å². The molecule has 7 heteroatoms. The maximum Gasteiger partial charge on any atom is 0.329 e. The van der Waals surface area contributed by atoms with Gasteiger partial charge in [-0.15, -0.1) is 11.8 Å². The van der Waals surface area contributed by atoms with Crippen LogP contribution in [0.3, 0.4) is 0 Å². The molecule has 3 N–H and O–H groups in total. The van der Waals surface area contributed by atoms with Crippen LogP contribution < -0.4 is 11.2 Å². The maximum absolute atomic E-state index is 11.5. The van der Waals surface area contributed by atoms with Crippen LogP contribution in [0, 0.1) is 0 Å². The van der Waals surface area contributed by atoms with Crippen molar-refractivity contribution in [2.75, 3.05) is 6.61 Å². The van der Waals surface area contributed by atoms with Gasteiger partial charge in [0, 0.05) is 18.7 Å². The van der Waals surface area contributed by atoms with Crippen LogP contribution in [0.4, 0.5) is 0 Å². The van der Waals surface area contributed by atoms with Gasteiger partial charge in [0.2, 0.25) is 0 Å². The fourth-order valence-corrected chi connectivity index (χ4v) is 3.09. The van der Waals surface area contributed by atoms with E-state index in [1.54, 1.807) is 0 Å². The predicted octanol–water partition coefficient (Wildman–Crippen LogP) is -1.11. The van der Waals surface area contributed by atoms with E-state index in [2.05, 4.69) is 4.98 Å². The fraction of sp³-hybridized carbons (Fsp3) is 0.556. The first-order valence-electron chi connectivity index (χ1n) is 4.87. The zero-order valence-electron chi connectivity index (χ0n) is 8.37. The average molecular weight is 244 g/mol. The zero-order chi connectivity index (χ0) is 11.7. The van der Waals surface area contributed by atoms with E-state index in [0.717, 1.165) is 0 Å². The predicted molar refractivity (Wildman–Crippen MR) is 59.4 cm³/mol. The Kier molecular flexibility index (Phi) is 3.17. The van der Waals surface area contributed by atoms with Crippen LogP contribution >= 0.6 is 11.8 Å². The number of aromatic amines is 1. The first-order valence-corrected chi connectivity index (χ1v) is 5.82. The molecule has 3 atom stereocenters. The smallest absolute Gasteiger partial charge is 0.329 e. The van der Waals surface area contributed by atoms with Crippen molar-refractivity contribution in [1.29, 1.82) is 0 Å². The Morgan fingerprint density at radius 3 is 2.88 bits per heavy atom. The largest absolute Gasteiger partial charge is 0.395 e.